The summed E-state index contributed by atoms with van der Waals surface area (Å²) in [5.74, 6) is -2.27. The lowest BCUT2D eigenvalue weighted by atomic mass is 10.1. The Bertz CT molecular complexity index is 621. The van der Waals surface area contributed by atoms with Crippen molar-refractivity contribution in [1.82, 2.24) is 10.6 Å². The molecule has 26 heavy (non-hydrogen) atoms. The Morgan fingerprint density at radius 2 is 2.00 bits per heavy atom. The van der Waals surface area contributed by atoms with E-state index in [9.17, 15) is 19.2 Å². The summed E-state index contributed by atoms with van der Waals surface area (Å²) in [6.45, 7) is -0.571. The van der Waals surface area contributed by atoms with E-state index in [1.165, 1.54) is 18.0 Å². The standard InChI is InChI=1S/C15H21N3O7S/c16-10(15(23)24)3-4-12(19)18-11(14(22)17-6-13(20)21)8-26-7-9-2-1-5-25-9/h1-2,5,10-11H,3-4,6-8,16H2,(H,17,22)(H,18,19)(H,20,21)(H,23,24)/t10-,11-/m0/s1. The second-order valence-corrected chi connectivity index (χ2v) is 6.34. The average molecular weight is 387 g/mol. The molecule has 2 amide bonds. The molecule has 1 aromatic heterocycles. The van der Waals surface area contributed by atoms with Crippen LogP contribution in [0.4, 0.5) is 0 Å². The molecule has 6 N–H and O–H groups in total. The number of carbonyl (C=O) groups excluding carboxylic acids is 2. The molecule has 11 heteroatoms. The molecule has 0 aliphatic carbocycles. The van der Waals surface area contributed by atoms with E-state index in [1.54, 1.807) is 12.1 Å². The topological polar surface area (TPSA) is 172 Å². The number of carboxylic acids is 2. The van der Waals surface area contributed by atoms with E-state index in [1.807, 2.05) is 0 Å². The van der Waals surface area contributed by atoms with Gasteiger partial charge in [-0.05, 0) is 18.6 Å². The number of nitrogens with one attached hydrogen (secondary N) is 2. The number of amides is 2. The van der Waals surface area contributed by atoms with Crippen molar-refractivity contribution in [3.05, 3.63) is 24.2 Å². The third kappa shape index (κ3) is 8.53. The summed E-state index contributed by atoms with van der Waals surface area (Å²) >= 11 is 1.32. The molecule has 0 saturated heterocycles. The molecule has 0 unspecified atom stereocenters. The van der Waals surface area contributed by atoms with E-state index in [0.29, 0.717) is 11.5 Å². The molecule has 0 spiro atoms. The molecule has 1 heterocycles. The number of hydrogen-bond acceptors (Lipinski definition) is 7. The Balaban J connectivity index is 2.54. The van der Waals surface area contributed by atoms with Crippen molar-refractivity contribution in [2.75, 3.05) is 12.3 Å². The molecule has 10 nitrogen and oxygen atoms in total. The zero-order chi connectivity index (χ0) is 19.5. The summed E-state index contributed by atoms with van der Waals surface area (Å²) in [5, 5.41) is 22.0. The van der Waals surface area contributed by atoms with Crippen LogP contribution >= 0.6 is 11.8 Å². The van der Waals surface area contributed by atoms with Crippen LogP contribution in [0, 0.1) is 0 Å². The minimum atomic E-state index is -1.22. The fourth-order valence-electron chi connectivity index (χ4n) is 1.82. The normalized spacial score (nSPS) is 12.8. The maximum Gasteiger partial charge on any atom is 0.322 e. The van der Waals surface area contributed by atoms with Gasteiger partial charge in [0.05, 0.1) is 12.0 Å². The predicted molar refractivity (Wildman–Crippen MR) is 92.3 cm³/mol. The second-order valence-electron chi connectivity index (χ2n) is 5.31. The first-order valence-corrected chi connectivity index (χ1v) is 8.82. The van der Waals surface area contributed by atoms with Crippen molar-refractivity contribution in [2.45, 2.75) is 30.7 Å². The zero-order valence-electron chi connectivity index (χ0n) is 13.8. The van der Waals surface area contributed by atoms with E-state index in [0.717, 1.165) is 0 Å². The van der Waals surface area contributed by atoms with Crippen LogP contribution in [0.5, 0.6) is 0 Å². The number of nitrogens with two attached hydrogens (primary N) is 1. The predicted octanol–water partition coefficient (Wildman–Crippen LogP) is -0.609. The van der Waals surface area contributed by atoms with E-state index in [-0.39, 0.29) is 18.6 Å². The Labute approximate surface area is 153 Å². The van der Waals surface area contributed by atoms with Crippen LogP contribution in [-0.4, -0.2) is 58.3 Å². The van der Waals surface area contributed by atoms with Crippen LogP contribution in [0.1, 0.15) is 18.6 Å². The van der Waals surface area contributed by atoms with E-state index < -0.39 is 42.4 Å². The third-order valence-corrected chi connectivity index (χ3v) is 4.23. The number of furan rings is 1. The molecule has 0 bridgehead atoms. The van der Waals surface area contributed by atoms with E-state index in [4.69, 9.17) is 20.4 Å². The second kappa shape index (κ2) is 11.2. The van der Waals surface area contributed by atoms with Crippen molar-refractivity contribution in [2.24, 2.45) is 5.73 Å². The lowest BCUT2D eigenvalue weighted by Crippen LogP contribution is -2.49. The van der Waals surface area contributed by atoms with Crippen LogP contribution in [0.15, 0.2) is 22.8 Å². The maximum atomic E-state index is 12.1. The molecule has 0 aliphatic rings. The molecule has 0 aliphatic heterocycles. The fourth-order valence-corrected chi connectivity index (χ4v) is 2.77. The van der Waals surface area contributed by atoms with Crippen LogP contribution in [0.3, 0.4) is 0 Å². The van der Waals surface area contributed by atoms with Gasteiger partial charge in [0.25, 0.3) is 0 Å². The molecule has 1 rings (SSSR count). The van der Waals surface area contributed by atoms with Crippen molar-refractivity contribution in [3.8, 4) is 0 Å². The number of carboxylic acid groups (broad SMARTS) is 2. The quantitative estimate of drug-likeness (QED) is 0.313. The Morgan fingerprint density at radius 3 is 2.58 bits per heavy atom. The van der Waals surface area contributed by atoms with Crippen LogP contribution in [0.2, 0.25) is 0 Å². The molecule has 144 valence electrons. The highest BCUT2D eigenvalue weighted by Crippen LogP contribution is 2.13. The van der Waals surface area contributed by atoms with Gasteiger partial charge in [0.15, 0.2) is 0 Å². The number of carbonyl (C=O) groups is 4. The van der Waals surface area contributed by atoms with Gasteiger partial charge in [0.2, 0.25) is 11.8 Å². The highest BCUT2D eigenvalue weighted by molar-refractivity contribution is 7.98. The van der Waals surface area contributed by atoms with E-state index >= 15 is 0 Å². The number of thioether (sulfide) groups is 1. The van der Waals surface area contributed by atoms with E-state index in [2.05, 4.69) is 10.6 Å². The summed E-state index contributed by atoms with van der Waals surface area (Å²) < 4.78 is 5.17. The lowest BCUT2D eigenvalue weighted by molar-refractivity contribution is -0.139. The number of aliphatic carboxylic acids is 2. The smallest absolute Gasteiger partial charge is 0.322 e. The molecule has 0 aromatic carbocycles. The minimum Gasteiger partial charge on any atom is -0.480 e. The number of hydrogen-bond donors (Lipinski definition) is 5. The van der Waals surface area contributed by atoms with Gasteiger partial charge in [-0.2, -0.15) is 11.8 Å². The number of rotatable bonds is 12. The van der Waals surface area contributed by atoms with Gasteiger partial charge in [-0.1, -0.05) is 0 Å². The SMILES string of the molecule is N[C@@H](CCC(=O)N[C@@H](CSCc1ccco1)C(=O)NCC(=O)O)C(=O)O. The van der Waals surface area contributed by atoms with Crippen LogP contribution < -0.4 is 16.4 Å². The average Bonchev–Trinajstić information content (AvgIpc) is 3.09. The van der Waals surface area contributed by atoms with Gasteiger partial charge >= 0.3 is 11.9 Å². The van der Waals surface area contributed by atoms with Crippen molar-refractivity contribution in [3.63, 3.8) is 0 Å². The molecular weight excluding hydrogens is 366 g/mol. The Kier molecular flexibility index (Phi) is 9.23. The highest BCUT2D eigenvalue weighted by Gasteiger charge is 2.22. The van der Waals surface area contributed by atoms with Gasteiger partial charge < -0.3 is 31.0 Å². The molecule has 2 atom stereocenters. The lowest BCUT2D eigenvalue weighted by Gasteiger charge is -2.18. The van der Waals surface area contributed by atoms with Gasteiger partial charge in [-0.3, -0.25) is 19.2 Å². The van der Waals surface area contributed by atoms with Gasteiger partial charge in [0, 0.05) is 12.2 Å². The summed E-state index contributed by atoms with van der Waals surface area (Å²) in [5.41, 5.74) is 5.33. The summed E-state index contributed by atoms with van der Waals surface area (Å²) in [6.07, 6.45) is 1.27. The monoisotopic (exact) mass is 387 g/mol. The van der Waals surface area contributed by atoms with Gasteiger partial charge in [-0.15, -0.1) is 0 Å². The van der Waals surface area contributed by atoms with Crippen molar-refractivity contribution in [1.29, 1.82) is 0 Å². The first-order valence-electron chi connectivity index (χ1n) is 7.67. The van der Waals surface area contributed by atoms with Crippen molar-refractivity contribution >= 4 is 35.5 Å². The summed E-state index contributed by atoms with van der Waals surface area (Å²) in [6, 6.07) is 1.34. The minimum absolute atomic E-state index is 0.0792. The van der Waals surface area contributed by atoms with Crippen molar-refractivity contribution < 1.29 is 33.8 Å². The highest BCUT2D eigenvalue weighted by atomic mass is 32.2. The van der Waals surface area contributed by atoms with Gasteiger partial charge in [-0.25, -0.2) is 0 Å². The summed E-state index contributed by atoms with van der Waals surface area (Å²) in [4.78, 5) is 45.2. The fraction of sp³-hybridized carbons (Fsp3) is 0.467. The zero-order valence-corrected chi connectivity index (χ0v) is 14.7. The Morgan fingerprint density at radius 1 is 1.27 bits per heavy atom. The van der Waals surface area contributed by atoms with Crippen LogP contribution in [0.25, 0.3) is 0 Å². The molecular formula is C15H21N3O7S. The molecule has 0 radical (unpaired) electrons. The Hall–Kier alpha value is -2.53. The van der Waals surface area contributed by atoms with Crippen LogP contribution in [-0.2, 0) is 24.9 Å². The molecule has 0 fully saturated rings. The largest absolute Gasteiger partial charge is 0.480 e. The summed E-state index contributed by atoms with van der Waals surface area (Å²) in [7, 11) is 0. The third-order valence-electron chi connectivity index (χ3n) is 3.17. The molecule has 1 aromatic rings. The maximum absolute atomic E-state index is 12.1. The first-order chi connectivity index (χ1) is 12.3. The molecule has 0 saturated carbocycles. The first kappa shape index (κ1) is 21.5. The van der Waals surface area contributed by atoms with Gasteiger partial charge in [0.1, 0.15) is 24.4 Å².